The van der Waals surface area contributed by atoms with E-state index in [2.05, 4.69) is 5.43 Å². The van der Waals surface area contributed by atoms with E-state index in [0.29, 0.717) is 13.0 Å². The average molecular weight is 253 g/mol. The molecule has 0 bridgehead atoms. The minimum Gasteiger partial charge on any atom is -0.311 e. The number of hydrogen-bond donors (Lipinski definition) is 2. The van der Waals surface area contributed by atoms with Crippen LogP contribution in [0.5, 0.6) is 0 Å². The Bertz CT molecular complexity index is 430. The number of carbonyl (C=O) groups excluding carboxylic acids is 2. The molecule has 0 fully saturated rings. The van der Waals surface area contributed by atoms with Crippen LogP contribution in [0.2, 0.25) is 0 Å². The molecule has 2 amide bonds. The summed E-state index contributed by atoms with van der Waals surface area (Å²) >= 11 is 1.67. The SMILES string of the molecule is NNC(=O)CCN1C(=O)CCCc2sccc21. The van der Waals surface area contributed by atoms with Crippen LogP contribution in [0.3, 0.4) is 0 Å². The van der Waals surface area contributed by atoms with Crippen LogP contribution in [-0.2, 0) is 16.0 Å². The number of nitrogens with one attached hydrogen (secondary N) is 1. The third kappa shape index (κ3) is 2.65. The first-order valence-corrected chi connectivity index (χ1v) is 6.46. The van der Waals surface area contributed by atoms with Gasteiger partial charge in [-0.25, -0.2) is 5.84 Å². The van der Waals surface area contributed by atoms with Gasteiger partial charge in [-0.1, -0.05) is 0 Å². The molecular weight excluding hydrogens is 238 g/mol. The van der Waals surface area contributed by atoms with Crippen LogP contribution in [-0.4, -0.2) is 18.4 Å². The van der Waals surface area contributed by atoms with Gasteiger partial charge in [0.15, 0.2) is 0 Å². The molecule has 2 heterocycles. The van der Waals surface area contributed by atoms with Crippen molar-refractivity contribution in [2.45, 2.75) is 25.7 Å². The van der Waals surface area contributed by atoms with Crippen molar-refractivity contribution in [3.8, 4) is 0 Å². The number of fused-ring (bicyclic) bond motifs is 1. The zero-order valence-corrected chi connectivity index (χ0v) is 10.3. The molecule has 0 aliphatic carbocycles. The van der Waals surface area contributed by atoms with Gasteiger partial charge in [0.25, 0.3) is 0 Å². The maximum absolute atomic E-state index is 11.9. The van der Waals surface area contributed by atoms with Crippen LogP contribution in [0.15, 0.2) is 11.4 Å². The zero-order valence-electron chi connectivity index (χ0n) is 9.44. The molecule has 1 aromatic heterocycles. The Morgan fingerprint density at radius 2 is 2.35 bits per heavy atom. The lowest BCUT2D eigenvalue weighted by Gasteiger charge is -2.20. The average Bonchev–Trinajstić information content (AvgIpc) is 2.72. The molecule has 92 valence electrons. The maximum atomic E-state index is 11.9. The molecule has 0 radical (unpaired) electrons. The predicted octanol–water partition coefficient (Wildman–Crippen LogP) is 0.797. The number of nitrogens with two attached hydrogens (primary N) is 1. The van der Waals surface area contributed by atoms with Gasteiger partial charge in [0.05, 0.1) is 5.69 Å². The van der Waals surface area contributed by atoms with Gasteiger partial charge in [0.1, 0.15) is 0 Å². The van der Waals surface area contributed by atoms with Crippen molar-refractivity contribution in [3.63, 3.8) is 0 Å². The van der Waals surface area contributed by atoms with Crippen molar-refractivity contribution in [2.75, 3.05) is 11.4 Å². The summed E-state index contributed by atoms with van der Waals surface area (Å²) < 4.78 is 0. The van der Waals surface area contributed by atoms with E-state index < -0.39 is 0 Å². The van der Waals surface area contributed by atoms with Crippen molar-refractivity contribution in [3.05, 3.63) is 16.3 Å². The summed E-state index contributed by atoms with van der Waals surface area (Å²) in [6, 6.07) is 1.95. The first-order valence-electron chi connectivity index (χ1n) is 5.58. The number of hydrazine groups is 1. The van der Waals surface area contributed by atoms with Gasteiger partial charge in [0.2, 0.25) is 11.8 Å². The van der Waals surface area contributed by atoms with Crippen LogP contribution in [0.4, 0.5) is 5.69 Å². The van der Waals surface area contributed by atoms with Crippen LogP contribution in [0.25, 0.3) is 0 Å². The number of rotatable bonds is 3. The number of anilines is 1. The van der Waals surface area contributed by atoms with E-state index in [1.807, 2.05) is 11.4 Å². The fourth-order valence-corrected chi connectivity index (χ4v) is 2.88. The lowest BCUT2D eigenvalue weighted by molar-refractivity contribution is -0.121. The largest absolute Gasteiger partial charge is 0.311 e. The minimum absolute atomic E-state index is 0.0898. The standard InChI is InChI=1S/C11H15N3O2S/c12-13-10(15)4-6-14-8-5-7-17-9(8)2-1-3-11(14)16/h5,7H,1-4,6,12H2,(H,13,15). The normalized spacial score (nSPS) is 15.4. The highest BCUT2D eigenvalue weighted by Gasteiger charge is 2.23. The number of thiophene rings is 1. The highest BCUT2D eigenvalue weighted by atomic mass is 32.1. The monoisotopic (exact) mass is 253 g/mol. The second kappa shape index (κ2) is 5.29. The Balaban J connectivity index is 2.13. The smallest absolute Gasteiger partial charge is 0.235 e. The molecule has 0 atom stereocenters. The summed E-state index contributed by atoms with van der Waals surface area (Å²) in [6.07, 6.45) is 2.60. The lowest BCUT2D eigenvalue weighted by Crippen LogP contribution is -2.36. The molecule has 6 heteroatoms. The first kappa shape index (κ1) is 12.1. The summed E-state index contributed by atoms with van der Waals surface area (Å²) in [5.41, 5.74) is 3.04. The molecule has 0 unspecified atom stereocenters. The van der Waals surface area contributed by atoms with E-state index in [1.165, 1.54) is 4.88 Å². The third-order valence-electron chi connectivity index (χ3n) is 2.83. The molecule has 1 aliphatic heterocycles. The molecular formula is C11H15N3O2S. The number of nitrogens with zero attached hydrogens (tertiary/aromatic N) is 1. The summed E-state index contributed by atoms with van der Waals surface area (Å²) in [6.45, 7) is 0.394. The van der Waals surface area contributed by atoms with Crippen molar-refractivity contribution < 1.29 is 9.59 Å². The molecule has 0 saturated carbocycles. The van der Waals surface area contributed by atoms with Gasteiger partial charge in [-0.05, 0) is 24.3 Å². The summed E-state index contributed by atoms with van der Waals surface area (Å²) in [7, 11) is 0. The molecule has 3 N–H and O–H groups in total. The Kier molecular flexibility index (Phi) is 3.75. The van der Waals surface area contributed by atoms with E-state index in [0.717, 1.165) is 18.5 Å². The predicted molar refractivity (Wildman–Crippen MR) is 66.6 cm³/mol. The lowest BCUT2D eigenvalue weighted by atomic mass is 10.2. The quantitative estimate of drug-likeness (QED) is 0.475. The van der Waals surface area contributed by atoms with Crippen LogP contribution >= 0.6 is 11.3 Å². The fraction of sp³-hybridized carbons (Fsp3) is 0.455. The number of amides is 2. The molecule has 2 rings (SSSR count). The van der Waals surface area contributed by atoms with Gasteiger partial charge in [-0.15, -0.1) is 11.3 Å². The van der Waals surface area contributed by atoms with Crippen LogP contribution < -0.4 is 16.2 Å². The first-order chi connectivity index (χ1) is 8.22. The third-order valence-corrected chi connectivity index (χ3v) is 3.80. The molecule has 17 heavy (non-hydrogen) atoms. The zero-order chi connectivity index (χ0) is 12.3. The van der Waals surface area contributed by atoms with Gasteiger partial charge in [-0.2, -0.15) is 0 Å². The molecule has 5 nitrogen and oxygen atoms in total. The summed E-state index contributed by atoms with van der Waals surface area (Å²) in [5, 5.41) is 1.99. The molecule has 0 aromatic carbocycles. The number of aryl methyl sites for hydroxylation is 1. The van der Waals surface area contributed by atoms with Crippen molar-refractivity contribution in [1.82, 2.24) is 5.43 Å². The fourth-order valence-electron chi connectivity index (χ4n) is 1.96. The van der Waals surface area contributed by atoms with Crippen molar-refractivity contribution in [1.29, 1.82) is 0 Å². The van der Waals surface area contributed by atoms with Gasteiger partial charge >= 0.3 is 0 Å². The minimum atomic E-state index is -0.251. The Morgan fingerprint density at radius 1 is 1.53 bits per heavy atom. The molecule has 0 spiro atoms. The highest BCUT2D eigenvalue weighted by Crippen LogP contribution is 2.31. The topological polar surface area (TPSA) is 75.4 Å². The van der Waals surface area contributed by atoms with Crippen molar-refractivity contribution in [2.24, 2.45) is 5.84 Å². The second-order valence-corrected chi connectivity index (χ2v) is 4.95. The van der Waals surface area contributed by atoms with Crippen LogP contribution in [0.1, 0.15) is 24.1 Å². The maximum Gasteiger partial charge on any atom is 0.235 e. The number of hydrogen-bond acceptors (Lipinski definition) is 4. The molecule has 0 saturated heterocycles. The van der Waals surface area contributed by atoms with E-state index in [1.54, 1.807) is 16.2 Å². The van der Waals surface area contributed by atoms with E-state index in [4.69, 9.17) is 5.84 Å². The molecule has 1 aliphatic rings. The van der Waals surface area contributed by atoms with Crippen LogP contribution in [0, 0.1) is 0 Å². The highest BCUT2D eigenvalue weighted by molar-refractivity contribution is 7.10. The summed E-state index contributed by atoms with van der Waals surface area (Å²) in [4.78, 5) is 26.0. The Hall–Kier alpha value is -1.40. The Morgan fingerprint density at radius 3 is 3.12 bits per heavy atom. The molecule has 1 aromatic rings. The summed E-state index contributed by atoms with van der Waals surface area (Å²) in [5.74, 6) is 4.87. The number of carbonyl (C=O) groups is 2. The van der Waals surface area contributed by atoms with Crippen molar-refractivity contribution >= 4 is 28.8 Å². The van der Waals surface area contributed by atoms with Gasteiger partial charge in [0, 0.05) is 24.3 Å². The van der Waals surface area contributed by atoms with E-state index in [9.17, 15) is 9.59 Å². The van der Waals surface area contributed by atoms with Gasteiger partial charge in [-0.3, -0.25) is 15.0 Å². The van der Waals surface area contributed by atoms with E-state index in [-0.39, 0.29) is 18.2 Å². The van der Waals surface area contributed by atoms with E-state index >= 15 is 0 Å². The van der Waals surface area contributed by atoms with Gasteiger partial charge < -0.3 is 4.90 Å². The second-order valence-electron chi connectivity index (χ2n) is 3.95. The Labute approximate surface area is 104 Å².